The van der Waals surface area contributed by atoms with Crippen LogP contribution in [0.4, 0.5) is 5.82 Å². The molecule has 0 aliphatic carbocycles. The lowest BCUT2D eigenvalue weighted by Gasteiger charge is -2.19. The molecule has 2 aromatic rings. The number of thiophene rings is 1. The van der Waals surface area contributed by atoms with Crippen molar-refractivity contribution in [2.45, 2.75) is 26.9 Å². The minimum atomic E-state index is 0.783. The van der Waals surface area contributed by atoms with E-state index in [2.05, 4.69) is 44.6 Å². The van der Waals surface area contributed by atoms with Crippen molar-refractivity contribution in [3.8, 4) is 0 Å². The summed E-state index contributed by atoms with van der Waals surface area (Å²) in [4.78, 5) is 12.7. The van der Waals surface area contributed by atoms with E-state index >= 15 is 0 Å². The van der Waals surface area contributed by atoms with Crippen LogP contribution in [0, 0.1) is 6.92 Å². The predicted octanol–water partition coefficient (Wildman–Crippen LogP) is 2.91. The van der Waals surface area contributed by atoms with Crippen molar-refractivity contribution >= 4 is 17.2 Å². The third kappa shape index (κ3) is 4.01. The Morgan fingerprint density at radius 1 is 1.32 bits per heavy atom. The lowest BCUT2D eigenvalue weighted by atomic mass is 10.3. The number of aromatic nitrogens is 2. The van der Waals surface area contributed by atoms with E-state index in [0.29, 0.717) is 0 Å². The van der Waals surface area contributed by atoms with E-state index in [-0.39, 0.29) is 0 Å². The minimum absolute atomic E-state index is 0.783. The number of nitrogens with one attached hydrogen (secondary N) is 1. The average Bonchev–Trinajstić information content (AvgIpc) is 2.90. The van der Waals surface area contributed by atoms with Gasteiger partial charge in [0, 0.05) is 30.2 Å². The van der Waals surface area contributed by atoms with E-state index in [9.17, 15) is 0 Å². The Hall–Kier alpha value is -1.46. The van der Waals surface area contributed by atoms with Gasteiger partial charge >= 0.3 is 0 Å². The number of aryl methyl sites for hydroxylation is 1. The van der Waals surface area contributed by atoms with Crippen LogP contribution in [-0.4, -0.2) is 28.5 Å². The molecule has 0 aromatic carbocycles. The SMILES string of the molecule is CCN(Cc1nc(C)cc(NC)n1)Cc1cccs1. The van der Waals surface area contributed by atoms with Gasteiger partial charge in [0.2, 0.25) is 0 Å². The van der Waals surface area contributed by atoms with Crippen LogP contribution in [0.3, 0.4) is 0 Å². The maximum absolute atomic E-state index is 4.51. The lowest BCUT2D eigenvalue weighted by Crippen LogP contribution is -2.23. The van der Waals surface area contributed by atoms with E-state index in [1.165, 1.54) is 4.88 Å². The quantitative estimate of drug-likeness (QED) is 0.881. The number of hydrogen-bond donors (Lipinski definition) is 1. The van der Waals surface area contributed by atoms with Gasteiger partial charge in [-0.25, -0.2) is 9.97 Å². The van der Waals surface area contributed by atoms with Crippen molar-refractivity contribution in [3.63, 3.8) is 0 Å². The van der Waals surface area contributed by atoms with Crippen LogP contribution >= 0.6 is 11.3 Å². The van der Waals surface area contributed by atoms with Gasteiger partial charge in [0.1, 0.15) is 11.6 Å². The largest absolute Gasteiger partial charge is 0.373 e. The average molecular weight is 276 g/mol. The number of hydrogen-bond acceptors (Lipinski definition) is 5. The summed E-state index contributed by atoms with van der Waals surface area (Å²) in [6.45, 7) is 6.90. The number of nitrogens with zero attached hydrogens (tertiary/aromatic N) is 3. The molecular weight excluding hydrogens is 256 g/mol. The summed E-state index contributed by atoms with van der Waals surface area (Å²) >= 11 is 1.79. The second kappa shape index (κ2) is 6.63. The molecule has 0 aliphatic heterocycles. The molecule has 0 unspecified atom stereocenters. The Kier molecular flexibility index (Phi) is 4.87. The standard InChI is InChI=1S/C14H20N4S/c1-4-18(9-12-6-5-7-19-12)10-14-16-11(2)8-13(15-3)17-14/h5-8H,4,9-10H2,1-3H3,(H,15,16,17). The smallest absolute Gasteiger partial charge is 0.144 e. The third-order valence-electron chi connectivity index (χ3n) is 2.93. The zero-order valence-electron chi connectivity index (χ0n) is 11.7. The molecule has 2 rings (SSSR count). The topological polar surface area (TPSA) is 41.1 Å². The van der Waals surface area contributed by atoms with Gasteiger partial charge in [-0.2, -0.15) is 0 Å². The fourth-order valence-corrected chi connectivity index (χ4v) is 2.68. The number of rotatable bonds is 6. The first-order valence-corrected chi connectivity index (χ1v) is 7.36. The molecule has 0 radical (unpaired) electrons. The summed E-state index contributed by atoms with van der Waals surface area (Å²) in [6.07, 6.45) is 0. The monoisotopic (exact) mass is 276 g/mol. The summed E-state index contributed by atoms with van der Waals surface area (Å²) in [5, 5.41) is 5.19. The van der Waals surface area contributed by atoms with E-state index < -0.39 is 0 Å². The van der Waals surface area contributed by atoms with Gasteiger partial charge in [-0.3, -0.25) is 4.90 Å². The summed E-state index contributed by atoms with van der Waals surface area (Å²) < 4.78 is 0. The van der Waals surface area contributed by atoms with Gasteiger partial charge in [0.05, 0.1) is 6.54 Å². The molecule has 4 nitrogen and oxygen atoms in total. The van der Waals surface area contributed by atoms with E-state index in [1.54, 1.807) is 11.3 Å². The third-order valence-corrected chi connectivity index (χ3v) is 3.79. The molecule has 0 saturated heterocycles. The van der Waals surface area contributed by atoms with Crippen molar-refractivity contribution in [2.75, 3.05) is 18.9 Å². The first-order valence-electron chi connectivity index (χ1n) is 6.48. The molecular formula is C14H20N4S. The zero-order valence-corrected chi connectivity index (χ0v) is 12.5. The van der Waals surface area contributed by atoms with Gasteiger partial charge in [-0.1, -0.05) is 13.0 Å². The highest BCUT2D eigenvalue weighted by Crippen LogP contribution is 2.14. The van der Waals surface area contributed by atoms with E-state index in [0.717, 1.165) is 37.0 Å². The van der Waals surface area contributed by atoms with Gasteiger partial charge in [0.25, 0.3) is 0 Å². The Morgan fingerprint density at radius 3 is 2.79 bits per heavy atom. The highest BCUT2D eigenvalue weighted by atomic mass is 32.1. The second-order valence-electron chi connectivity index (χ2n) is 4.44. The van der Waals surface area contributed by atoms with Gasteiger partial charge in [-0.05, 0) is 24.9 Å². The maximum atomic E-state index is 4.51. The van der Waals surface area contributed by atoms with Crippen molar-refractivity contribution in [1.82, 2.24) is 14.9 Å². The molecule has 102 valence electrons. The molecule has 19 heavy (non-hydrogen) atoms. The molecule has 0 amide bonds. The predicted molar refractivity (Wildman–Crippen MR) is 80.4 cm³/mol. The van der Waals surface area contributed by atoms with Gasteiger partial charge in [0.15, 0.2) is 0 Å². The fourth-order valence-electron chi connectivity index (χ4n) is 1.93. The van der Waals surface area contributed by atoms with Gasteiger partial charge in [-0.15, -0.1) is 11.3 Å². The summed E-state index contributed by atoms with van der Waals surface area (Å²) in [7, 11) is 1.88. The van der Waals surface area contributed by atoms with E-state index in [1.807, 2.05) is 20.0 Å². The van der Waals surface area contributed by atoms with E-state index in [4.69, 9.17) is 0 Å². The van der Waals surface area contributed by atoms with Crippen LogP contribution < -0.4 is 5.32 Å². The fraction of sp³-hybridized carbons (Fsp3) is 0.429. The summed E-state index contributed by atoms with van der Waals surface area (Å²) in [5.74, 6) is 1.76. The van der Waals surface area contributed by atoms with Gasteiger partial charge < -0.3 is 5.32 Å². The Labute approximate surface area is 118 Å². The van der Waals surface area contributed by atoms with Crippen molar-refractivity contribution in [1.29, 1.82) is 0 Å². The van der Waals surface area contributed by atoms with Crippen LogP contribution in [-0.2, 0) is 13.1 Å². The van der Waals surface area contributed by atoms with Crippen molar-refractivity contribution in [2.24, 2.45) is 0 Å². The van der Waals surface area contributed by atoms with Crippen LogP contribution in [0.25, 0.3) is 0 Å². The van der Waals surface area contributed by atoms with Crippen LogP contribution in [0.15, 0.2) is 23.6 Å². The highest BCUT2D eigenvalue weighted by Gasteiger charge is 2.09. The zero-order chi connectivity index (χ0) is 13.7. The molecule has 1 N–H and O–H groups in total. The summed E-state index contributed by atoms with van der Waals surface area (Å²) in [5.41, 5.74) is 1.00. The molecule has 5 heteroatoms. The number of anilines is 1. The molecule has 0 aliphatic rings. The Bertz CT molecular complexity index is 510. The Morgan fingerprint density at radius 2 is 2.16 bits per heavy atom. The van der Waals surface area contributed by atoms with Crippen molar-refractivity contribution in [3.05, 3.63) is 40.0 Å². The van der Waals surface area contributed by atoms with Crippen LogP contribution in [0.1, 0.15) is 23.3 Å². The summed E-state index contributed by atoms with van der Waals surface area (Å²) in [6, 6.07) is 6.22. The van der Waals surface area contributed by atoms with Crippen LogP contribution in [0.2, 0.25) is 0 Å². The molecule has 0 bridgehead atoms. The van der Waals surface area contributed by atoms with Crippen LogP contribution in [0.5, 0.6) is 0 Å². The minimum Gasteiger partial charge on any atom is -0.373 e. The molecule has 2 heterocycles. The molecule has 0 spiro atoms. The second-order valence-corrected chi connectivity index (χ2v) is 5.48. The molecule has 0 atom stereocenters. The Balaban J connectivity index is 2.07. The maximum Gasteiger partial charge on any atom is 0.144 e. The highest BCUT2D eigenvalue weighted by molar-refractivity contribution is 7.09. The molecule has 0 fully saturated rings. The molecule has 0 saturated carbocycles. The lowest BCUT2D eigenvalue weighted by molar-refractivity contribution is 0.266. The normalized spacial score (nSPS) is 10.9. The first-order chi connectivity index (χ1) is 9.21. The van der Waals surface area contributed by atoms with Crippen molar-refractivity contribution < 1.29 is 0 Å². The molecule has 2 aromatic heterocycles. The first kappa shape index (κ1) is 14.0.